The number of nitrogen functional groups attached to an aromatic ring is 1. The first-order valence-electron chi connectivity index (χ1n) is 6.62. The molecule has 0 radical (unpaired) electrons. The molecule has 5 heteroatoms. The van der Waals surface area contributed by atoms with E-state index in [1.54, 1.807) is 30.3 Å². The number of anilines is 2. The van der Waals surface area contributed by atoms with Gasteiger partial charge < -0.3 is 20.9 Å². The molecule has 21 heavy (non-hydrogen) atoms. The number of aryl methyl sites for hydroxylation is 1. The summed E-state index contributed by atoms with van der Waals surface area (Å²) in [5.74, 6) is 0.228. The number of nitrogens with one attached hydrogen (secondary N) is 1. The van der Waals surface area contributed by atoms with Gasteiger partial charge in [0.15, 0.2) is 0 Å². The SMILES string of the molecule is CCc1ccc(O)c(NC(=O)c2ccc(OC)cc2N)c1. The first-order chi connectivity index (χ1) is 10.0. The average Bonchev–Trinajstić information content (AvgIpc) is 2.49. The summed E-state index contributed by atoms with van der Waals surface area (Å²) in [6.45, 7) is 2.00. The van der Waals surface area contributed by atoms with Crippen LogP contribution in [0.1, 0.15) is 22.8 Å². The number of carbonyl (C=O) groups is 1. The van der Waals surface area contributed by atoms with Crippen LogP contribution in [0.2, 0.25) is 0 Å². The van der Waals surface area contributed by atoms with E-state index in [-0.39, 0.29) is 11.7 Å². The molecule has 5 nitrogen and oxygen atoms in total. The maximum atomic E-state index is 12.2. The standard InChI is InChI=1S/C16H18N2O3/c1-3-10-4-7-15(19)14(8-10)18-16(20)12-6-5-11(21-2)9-13(12)17/h4-9,19H,3,17H2,1-2H3,(H,18,20). The summed E-state index contributed by atoms with van der Waals surface area (Å²) in [5.41, 5.74) is 7.88. The van der Waals surface area contributed by atoms with Gasteiger partial charge in [-0.3, -0.25) is 4.79 Å². The Balaban J connectivity index is 2.26. The zero-order valence-electron chi connectivity index (χ0n) is 12.0. The van der Waals surface area contributed by atoms with E-state index in [1.165, 1.54) is 7.11 Å². The van der Waals surface area contributed by atoms with Crippen molar-refractivity contribution in [2.75, 3.05) is 18.2 Å². The second-order valence-corrected chi connectivity index (χ2v) is 4.61. The molecule has 1 amide bonds. The number of phenolic OH excluding ortho intramolecular Hbond substituents is 1. The molecule has 0 saturated carbocycles. The largest absolute Gasteiger partial charge is 0.506 e. The fourth-order valence-corrected chi connectivity index (χ4v) is 1.97. The number of benzene rings is 2. The maximum absolute atomic E-state index is 12.2. The summed E-state index contributed by atoms with van der Waals surface area (Å²) in [6, 6.07) is 9.94. The highest BCUT2D eigenvalue weighted by molar-refractivity contribution is 6.08. The number of hydrogen-bond donors (Lipinski definition) is 3. The number of aromatic hydroxyl groups is 1. The molecule has 0 aliphatic rings. The van der Waals surface area contributed by atoms with Crippen LogP contribution in [0.4, 0.5) is 11.4 Å². The molecule has 0 aliphatic carbocycles. The number of nitrogens with two attached hydrogens (primary N) is 1. The fraction of sp³-hybridized carbons (Fsp3) is 0.188. The number of rotatable bonds is 4. The van der Waals surface area contributed by atoms with Crippen molar-refractivity contribution in [2.45, 2.75) is 13.3 Å². The zero-order chi connectivity index (χ0) is 15.4. The molecular weight excluding hydrogens is 268 g/mol. The molecule has 4 N–H and O–H groups in total. The summed E-state index contributed by atoms with van der Waals surface area (Å²) in [4.78, 5) is 12.2. The van der Waals surface area contributed by atoms with Crippen molar-refractivity contribution in [2.24, 2.45) is 0 Å². The number of amides is 1. The molecule has 0 heterocycles. The van der Waals surface area contributed by atoms with E-state index in [0.717, 1.165) is 12.0 Å². The van der Waals surface area contributed by atoms with Crippen LogP contribution < -0.4 is 15.8 Å². The van der Waals surface area contributed by atoms with Crippen LogP contribution in [0.3, 0.4) is 0 Å². The molecule has 0 spiro atoms. The number of ether oxygens (including phenoxy) is 1. The first kappa shape index (κ1) is 14.7. The van der Waals surface area contributed by atoms with Crippen LogP contribution in [0.25, 0.3) is 0 Å². The highest BCUT2D eigenvalue weighted by Gasteiger charge is 2.13. The summed E-state index contributed by atoms with van der Waals surface area (Å²) >= 11 is 0. The van der Waals surface area contributed by atoms with Gasteiger partial charge in [-0.1, -0.05) is 13.0 Å². The van der Waals surface area contributed by atoms with Crippen molar-refractivity contribution in [1.82, 2.24) is 0 Å². The minimum atomic E-state index is -0.376. The van der Waals surface area contributed by atoms with E-state index in [2.05, 4.69) is 5.32 Å². The summed E-state index contributed by atoms with van der Waals surface area (Å²) in [5, 5.41) is 12.5. The Morgan fingerprint density at radius 2 is 2.05 bits per heavy atom. The van der Waals surface area contributed by atoms with Gasteiger partial charge >= 0.3 is 0 Å². The van der Waals surface area contributed by atoms with Gasteiger partial charge in [0.25, 0.3) is 5.91 Å². The maximum Gasteiger partial charge on any atom is 0.257 e. The Kier molecular flexibility index (Phi) is 4.33. The van der Waals surface area contributed by atoms with Crippen LogP contribution in [-0.2, 0) is 6.42 Å². The van der Waals surface area contributed by atoms with Crippen molar-refractivity contribution in [3.05, 3.63) is 47.5 Å². The van der Waals surface area contributed by atoms with E-state index >= 15 is 0 Å². The minimum absolute atomic E-state index is 0.0210. The van der Waals surface area contributed by atoms with Gasteiger partial charge in [-0.25, -0.2) is 0 Å². The molecular formula is C16H18N2O3. The van der Waals surface area contributed by atoms with Crippen molar-refractivity contribution >= 4 is 17.3 Å². The predicted octanol–water partition coefficient (Wildman–Crippen LogP) is 2.80. The second kappa shape index (κ2) is 6.17. The Hall–Kier alpha value is -2.69. The normalized spacial score (nSPS) is 10.2. The monoisotopic (exact) mass is 286 g/mol. The molecule has 2 aromatic rings. The van der Waals surface area contributed by atoms with E-state index in [4.69, 9.17) is 10.5 Å². The molecule has 0 saturated heterocycles. The number of hydrogen-bond acceptors (Lipinski definition) is 4. The van der Waals surface area contributed by atoms with E-state index in [1.807, 2.05) is 13.0 Å². The van der Waals surface area contributed by atoms with Gasteiger partial charge in [0.05, 0.1) is 18.4 Å². The minimum Gasteiger partial charge on any atom is -0.506 e. The topological polar surface area (TPSA) is 84.6 Å². The van der Waals surface area contributed by atoms with Crippen molar-refractivity contribution in [3.63, 3.8) is 0 Å². The highest BCUT2D eigenvalue weighted by Crippen LogP contribution is 2.26. The van der Waals surface area contributed by atoms with Crippen LogP contribution in [0.5, 0.6) is 11.5 Å². The van der Waals surface area contributed by atoms with Crippen molar-refractivity contribution in [1.29, 1.82) is 0 Å². The van der Waals surface area contributed by atoms with Crippen molar-refractivity contribution < 1.29 is 14.6 Å². The number of carbonyl (C=O) groups excluding carboxylic acids is 1. The van der Waals surface area contributed by atoms with Crippen LogP contribution >= 0.6 is 0 Å². The molecule has 0 aliphatic heterocycles. The molecule has 110 valence electrons. The van der Waals surface area contributed by atoms with Gasteiger partial charge in [0, 0.05) is 11.8 Å². The second-order valence-electron chi connectivity index (χ2n) is 4.61. The molecule has 0 fully saturated rings. The summed E-state index contributed by atoms with van der Waals surface area (Å²) in [7, 11) is 1.53. The predicted molar refractivity (Wildman–Crippen MR) is 82.8 cm³/mol. The number of methoxy groups -OCH3 is 1. The van der Waals surface area contributed by atoms with Crippen molar-refractivity contribution in [3.8, 4) is 11.5 Å². The van der Waals surface area contributed by atoms with Gasteiger partial charge in [-0.2, -0.15) is 0 Å². The molecule has 0 aromatic heterocycles. The number of phenols is 1. The third-order valence-corrected chi connectivity index (χ3v) is 3.22. The van der Waals surface area contributed by atoms with Crippen LogP contribution in [0, 0.1) is 0 Å². The lowest BCUT2D eigenvalue weighted by atomic mass is 10.1. The van der Waals surface area contributed by atoms with E-state index in [0.29, 0.717) is 22.7 Å². The van der Waals surface area contributed by atoms with Gasteiger partial charge in [-0.15, -0.1) is 0 Å². The third-order valence-electron chi connectivity index (χ3n) is 3.22. The molecule has 2 aromatic carbocycles. The Morgan fingerprint density at radius 1 is 1.29 bits per heavy atom. The molecule has 2 rings (SSSR count). The summed E-state index contributed by atoms with van der Waals surface area (Å²) in [6.07, 6.45) is 0.813. The van der Waals surface area contributed by atoms with E-state index in [9.17, 15) is 9.90 Å². The lowest BCUT2D eigenvalue weighted by Gasteiger charge is -2.11. The van der Waals surface area contributed by atoms with Gasteiger partial charge in [0.1, 0.15) is 11.5 Å². The highest BCUT2D eigenvalue weighted by atomic mass is 16.5. The quantitative estimate of drug-likeness (QED) is 0.596. The van der Waals surface area contributed by atoms with Gasteiger partial charge in [0.2, 0.25) is 0 Å². The Labute approximate surface area is 123 Å². The Morgan fingerprint density at radius 3 is 2.67 bits per heavy atom. The Bertz CT molecular complexity index is 669. The van der Waals surface area contributed by atoms with E-state index < -0.39 is 0 Å². The lowest BCUT2D eigenvalue weighted by Crippen LogP contribution is -2.14. The fourth-order valence-electron chi connectivity index (χ4n) is 1.97. The first-order valence-corrected chi connectivity index (χ1v) is 6.62. The average molecular weight is 286 g/mol. The zero-order valence-corrected chi connectivity index (χ0v) is 12.0. The summed E-state index contributed by atoms with van der Waals surface area (Å²) < 4.78 is 5.05. The molecule has 0 unspecified atom stereocenters. The lowest BCUT2D eigenvalue weighted by molar-refractivity contribution is 0.102. The molecule has 0 bridgehead atoms. The van der Waals surface area contributed by atoms with Crippen LogP contribution in [-0.4, -0.2) is 18.1 Å². The third kappa shape index (κ3) is 3.25. The smallest absolute Gasteiger partial charge is 0.257 e. The molecule has 0 atom stereocenters. The van der Waals surface area contributed by atoms with Gasteiger partial charge in [-0.05, 0) is 36.2 Å². The van der Waals surface area contributed by atoms with Crippen LogP contribution in [0.15, 0.2) is 36.4 Å².